The van der Waals surface area contributed by atoms with Gasteiger partial charge in [0.05, 0.1) is 0 Å². The molecule has 112 valence electrons. The van der Waals surface area contributed by atoms with Crippen LogP contribution in [0, 0.1) is 17.8 Å². The first kappa shape index (κ1) is 13.9. The minimum absolute atomic E-state index is 0.0857. The molecule has 1 amide bonds. The molecule has 0 heterocycles. The lowest BCUT2D eigenvalue weighted by molar-refractivity contribution is -0.132. The Morgan fingerprint density at radius 1 is 1.43 bits per heavy atom. The second-order valence-electron chi connectivity index (χ2n) is 6.16. The number of nitrogens with zero attached hydrogens (tertiary/aromatic N) is 2. The van der Waals surface area contributed by atoms with Crippen molar-refractivity contribution in [2.45, 2.75) is 25.8 Å². The number of nitrogens with two attached hydrogens (primary N) is 1. The maximum Gasteiger partial charge on any atom is 0.226 e. The van der Waals surface area contributed by atoms with Crippen LogP contribution in [-0.4, -0.2) is 28.9 Å². The molecule has 2 unspecified atom stereocenters. The van der Waals surface area contributed by atoms with Gasteiger partial charge >= 0.3 is 0 Å². The van der Waals surface area contributed by atoms with Crippen molar-refractivity contribution in [1.29, 1.82) is 0 Å². The van der Waals surface area contributed by atoms with Crippen molar-refractivity contribution >= 4 is 11.7 Å². The molecule has 0 bridgehead atoms. The molecule has 0 saturated heterocycles. The van der Waals surface area contributed by atoms with Crippen molar-refractivity contribution in [3.05, 3.63) is 35.4 Å². The zero-order chi connectivity index (χ0) is 15.0. The smallest absolute Gasteiger partial charge is 0.226 e. The number of amides is 1. The average molecular weight is 287 g/mol. The number of amidine groups is 1. The summed E-state index contributed by atoms with van der Waals surface area (Å²) in [6, 6.07) is 7.44. The molecule has 3 N–H and O–H groups in total. The van der Waals surface area contributed by atoms with E-state index in [0.717, 1.165) is 5.56 Å². The summed E-state index contributed by atoms with van der Waals surface area (Å²) in [6.45, 7) is 0.557. The summed E-state index contributed by atoms with van der Waals surface area (Å²) in [4.78, 5) is 14.2. The van der Waals surface area contributed by atoms with Crippen LogP contribution in [0.15, 0.2) is 29.4 Å². The maximum absolute atomic E-state index is 12.4. The number of hydrogen-bond acceptors (Lipinski definition) is 3. The summed E-state index contributed by atoms with van der Waals surface area (Å²) < 4.78 is 0. The normalized spacial score (nSPS) is 27.3. The fourth-order valence-electron chi connectivity index (χ4n) is 3.68. The minimum Gasteiger partial charge on any atom is -0.409 e. The molecule has 5 heteroatoms. The number of fused-ring (bicyclic) bond motifs is 1. The van der Waals surface area contributed by atoms with E-state index in [0.29, 0.717) is 23.9 Å². The quantitative estimate of drug-likeness (QED) is 0.383. The number of rotatable bonds is 4. The van der Waals surface area contributed by atoms with Gasteiger partial charge in [-0.2, -0.15) is 0 Å². The monoisotopic (exact) mass is 287 g/mol. The van der Waals surface area contributed by atoms with Crippen molar-refractivity contribution in [3.8, 4) is 0 Å². The van der Waals surface area contributed by atoms with Crippen molar-refractivity contribution in [2.24, 2.45) is 28.6 Å². The summed E-state index contributed by atoms with van der Waals surface area (Å²) >= 11 is 0. The Morgan fingerprint density at radius 2 is 2.14 bits per heavy atom. The highest BCUT2D eigenvalue weighted by atomic mass is 16.4. The van der Waals surface area contributed by atoms with E-state index >= 15 is 0 Å². The van der Waals surface area contributed by atoms with Gasteiger partial charge < -0.3 is 15.8 Å². The summed E-state index contributed by atoms with van der Waals surface area (Å²) in [6.07, 6.45) is 3.71. The Labute approximate surface area is 124 Å². The summed E-state index contributed by atoms with van der Waals surface area (Å²) in [5, 5.41) is 11.7. The van der Waals surface area contributed by atoms with Crippen LogP contribution < -0.4 is 5.73 Å². The van der Waals surface area contributed by atoms with Crippen LogP contribution in [0.25, 0.3) is 0 Å². The molecular weight excluding hydrogens is 266 g/mol. The second kappa shape index (κ2) is 5.39. The molecule has 1 aromatic carbocycles. The molecule has 2 fully saturated rings. The highest BCUT2D eigenvalue weighted by Crippen LogP contribution is 2.58. The average Bonchev–Trinajstić information content (AvgIpc) is 2.97. The molecule has 1 aromatic rings. The highest BCUT2D eigenvalue weighted by molar-refractivity contribution is 5.97. The fourth-order valence-corrected chi connectivity index (χ4v) is 3.68. The Bertz CT molecular complexity index is 575. The standard InChI is InChI=1S/C16H21N3O2/c1-19(16(20)14-12-6-3-7-13(12)14)9-10-4-2-5-11(8-10)15(17)18-21/h2,4-5,8,12-14,21H,3,6-7,9H2,1H3,(H2,17,18). The molecule has 3 rings (SSSR count). The van der Waals surface area contributed by atoms with Crippen LogP contribution in [0.3, 0.4) is 0 Å². The third-order valence-electron chi connectivity index (χ3n) is 4.82. The Balaban J connectivity index is 1.65. The third-order valence-corrected chi connectivity index (χ3v) is 4.82. The number of benzene rings is 1. The zero-order valence-electron chi connectivity index (χ0n) is 12.2. The first-order valence-corrected chi connectivity index (χ1v) is 7.43. The molecule has 21 heavy (non-hydrogen) atoms. The summed E-state index contributed by atoms with van der Waals surface area (Å²) in [5.74, 6) is 1.89. The Hall–Kier alpha value is -2.04. The van der Waals surface area contributed by atoms with Gasteiger partial charge in [0.25, 0.3) is 0 Å². The topological polar surface area (TPSA) is 78.9 Å². The number of oxime groups is 1. The minimum atomic E-state index is 0.0857. The predicted molar refractivity (Wildman–Crippen MR) is 79.7 cm³/mol. The molecule has 0 aliphatic heterocycles. The van der Waals surface area contributed by atoms with Crippen LogP contribution in [0.1, 0.15) is 30.4 Å². The number of carbonyl (C=O) groups excluding carboxylic acids is 1. The van der Waals surface area contributed by atoms with Gasteiger partial charge in [0.15, 0.2) is 5.84 Å². The summed E-state index contributed by atoms with van der Waals surface area (Å²) in [5.41, 5.74) is 7.25. The van der Waals surface area contributed by atoms with E-state index in [1.165, 1.54) is 19.3 Å². The largest absolute Gasteiger partial charge is 0.409 e. The Kier molecular flexibility index (Phi) is 3.57. The molecule has 2 saturated carbocycles. The molecular formula is C16H21N3O2. The van der Waals surface area contributed by atoms with E-state index in [2.05, 4.69) is 5.16 Å². The van der Waals surface area contributed by atoms with Crippen molar-refractivity contribution in [2.75, 3.05) is 7.05 Å². The van der Waals surface area contributed by atoms with Crippen molar-refractivity contribution in [1.82, 2.24) is 4.90 Å². The molecule has 0 spiro atoms. The highest BCUT2D eigenvalue weighted by Gasteiger charge is 2.57. The molecule has 2 aliphatic carbocycles. The molecule has 0 aromatic heterocycles. The van der Waals surface area contributed by atoms with Gasteiger partial charge in [0.1, 0.15) is 0 Å². The van der Waals surface area contributed by atoms with Gasteiger partial charge in [0, 0.05) is 25.1 Å². The van der Waals surface area contributed by atoms with Gasteiger partial charge in [-0.25, -0.2) is 0 Å². The molecule has 2 atom stereocenters. The number of carbonyl (C=O) groups is 1. The molecule has 2 aliphatic rings. The van der Waals surface area contributed by atoms with E-state index in [-0.39, 0.29) is 17.7 Å². The van der Waals surface area contributed by atoms with Crippen LogP contribution >= 0.6 is 0 Å². The lowest BCUT2D eigenvalue weighted by atomic mass is 10.1. The van der Waals surface area contributed by atoms with E-state index in [1.807, 2.05) is 25.2 Å². The van der Waals surface area contributed by atoms with Crippen LogP contribution in [0.5, 0.6) is 0 Å². The SMILES string of the molecule is CN(Cc1cccc(/C(N)=N/O)c1)C(=O)C1C2CCCC21. The zero-order valence-corrected chi connectivity index (χ0v) is 12.2. The third kappa shape index (κ3) is 2.60. The first-order chi connectivity index (χ1) is 10.1. The van der Waals surface area contributed by atoms with Gasteiger partial charge in [0.2, 0.25) is 5.91 Å². The lowest BCUT2D eigenvalue weighted by Gasteiger charge is -2.18. The predicted octanol–water partition coefficient (Wildman–Crippen LogP) is 1.79. The van der Waals surface area contributed by atoms with Gasteiger partial charge in [-0.3, -0.25) is 4.79 Å². The first-order valence-electron chi connectivity index (χ1n) is 7.43. The van der Waals surface area contributed by atoms with Crippen molar-refractivity contribution in [3.63, 3.8) is 0 Å². The number of hydrogen-bond donors (Lipinski definition) is 2. The van der Waals surface area contributed by atoms with Gasteiger partial charge in [-0.05, 0) is 36.3 Å². The van der Waals surface area contributed by atoms with Gasteiger partial charge in [-0.15, -0.1) is 0 Å². The Morgan fingerprint density at radius 3 is 2.81 bits per heavy atom. The fraction of sp³-hybridized carbons (Fsp3) is 0.500. The van der Waals surface area contributed by atoms with Crippen LogP contribution in [0.2, 0.25) is 0 Å². The van der Waals surface area contributed by atoms with E-state index in [4.69, 9.17) is 10.9 Å². The summed E-state index contributed by atoms with van der Waals surface area (Å²) in [7, 11) is 1.85. The maximum atomic E-state index is 12.4. The molecule has 5 nitrogen and oxygen atoms in total. The van der Waals surface area contributed by atoms with E-state index in [9.17, 15) is 4.79 Å². The van der Waals surface area contributed by atoms with Gasteiger partial charge in [-0.1, -0.05) is 29.8 Å². The lowest BCUT2D eigenvalue weighted by Crippen LogP contribution is -2.29. The van der Waals surface area contributed by atoms with E-state index < -0.39 is 0 Å². The van der Waals surface area contributed by atoms with E-state index in [1.54, 1.807) is 11.0 Å². The van der Waals surface area contributed by atoms with Crippen LogP contribution in [-0.2, 0) is 11.3 Å². The second-order valence-corrected chi connectivity index (χ2v) is 6.16. The molecule has 0 radical (unpaired) electrons. The van der Waals surface area contributed by atoms with Crippen LogP contribution in [0.4, 0.5) is 0 Å². The van der Waals surface area contributed by atoms with Crippen molar-refractivity contribution < 1.29 is 10.0 Å².